The summed E-state index contributed by atoms with van der Waals surface area (Å²) in [5.74, 6) is -0.662. The summed E-state index contributed by atoms with van der Waals surface area (Å²) in [4.78, 5) is 0. The molecule has 164 valence electrons. The average molecular weight is 422 g/mol. The third-order valence-electron chi connectivity index (χ3n) is 5.39. The Bertz CT molecular complexity index is 871. The molecular formula is C18H26N6O6. The van der Waals surface area contributed by atoms with Crippen LogP contribution in [0.25, 0.3) is 0 Å². The first-order chi connectivity index (χ1) is 14.5. The number of hydrogen-bond donors (Lipinski definition) is 0. The van der Waals surface area contributed by atoms with E-state index < -0.39 is 12.1 Å². The second-order valence-electron chi connectivity index (χ2n) is 8.13. The molecule has 0 aliphatic carbocycles. The Morgan fingerprint density at radius 1 is 1.23 bits per heavy atom. The summed E-state index contributed by atoms with van der Waals surface area (Å²) in [5.41, 5.74) is 1.71. The molecule has 30 heavy (non-hydrogen) atoms. The van der Waals surface area contributed by atoms with E-state index in [1.807, 2.05) is 24.7 Å². The Morgan fingerprint density at radius 3 is 2.97 bits per heavy atom. The normalized spacial score (nSPS) is 32.3. The second kappa shape index (κ2) is 7.94. The zero-order valence-corrected chi connectivity index (χ0v) is 17.2. The van der Waals surface area contributed by atoms with E-state index in [0.717, 1.165) is 11.4 Å². The maximum Gasteiger partial charge on any atom is 0.186 e. The van der Waals surface area contributed by atoms with E-state index in [-0.39, 0.29) is 24.4 Å². The van der Waals surface area contributed by atoms with Crippen molar-refractivity contribution in [2.45, 2.75) is 76.6 Å². The molecule has 2 fully saturated rings. The van der Waals surface area contributed by atoms with E-state index in [0.29, 0.717) is 32.9 Å². The summed E-state index contributed by atoms with van der Waals surface area (Å²) in [6, 6.07) is 0. The molecule has 2 aromatic heterocycles. The van der Waals surface area contributed by atoms with Crippen LogP contribution >= 0.6 is 0 Å². The molecule has 0 bridgehead atoms. The number of rotatable bonds is 7. The molecule has 2 saturated heterocycles. The minimum Gasteiger partial charge on any atom is -0.372 e. The van der Waals surface area contributed by atoms with Crippen LogP contribution in [0, 0.1) is 0 Å². The molecule has 5 atom stereocenters. The number of nitrogens with zero attached hydrogens (tertiary/aromatic N) is 6. The first kappa shape index (κ1) is 20.0. The monoisotopic (exact) mass is 422 g/mol. The van der Waals surface area contributed by atoms with Gasteiger partial charge < -0.3 is 28.4 Å². The zero-order valence-electron chi connectivity index (χ0n) is 17.2. The molecule has 0 saturated carbocycles. The second-order valence-corrected chi connectivity index (χ2v) is 8.13. The highest BCUT2D eigenvalue weighted by molar-refractivity contribution is 4.97. The highest BCUT2D eigenvalue weighted by atomic mass is 16.8. The summed E-state index contributed by atoms with van der Waals surface area (Å²) in [5, 5.41) is 16.3. The van der Waals surface area contributed by atoms with Gasteiger partial charge in [-0.15, -0.1) is 10.2 Å². The summed E-state index contributed by atoms with van der Waals surface area (Å²) < 4.78 is 38.4. The Balaban J connectivity index is 1.11. The van der Waals surface area contributed by atoms with Gasteiger partial charge in [-0.2, -0.15) is 0 Å². The lowest BCUT2D eigenvalue weighted by molar-refractivity contribution is -0.232. The summed E-state index contributed by atoms with van der Waals surface area (Å²) in [6.07, 6.45) is 2.31. The summed E-state index contributed by atoms with van der Waals surface area (Å²) in [7, 11) is 1.59. The number of aromatic nitrogens is 6. The molecular weight excluding hydrogens is 396 g/mol. The first-order valence-corrected chi connectivity index (χ1v) is 10.0. The Morgan fingerprint density at radius 2 is 2.10 bits per heavy atom. The SMILES string of the molecule is CO[C@H]1O[C@@H](COCc2cn(C[C@H]3Cn4nncc4CO3)nn2)[C@@H]2OC(C)(C)O[C@H]12. The third kappa shape index (κ3) is 3.98. The number of ether oxygens (including phenoxy) is 6. The number of fused-ring (bicyclic) bond motifs is 2. The Labute approximate surface area is 173 Å². The van der Waals surface area contributed by atoms with E-state index in [1.54, 1.807) is 18.0 Å². The minimum absolute atomic E-state index is 0.0349. The fraction of sp³-hybridized carbons (Fsp3) is 0.778. The van der Waals surface area contributed by atoms with E-state index in [1.165, 1.54) is 0 Å². The van der Waals surface area contributed by atoms with Crippen molar-refractivity contribution in [1.29, 1.82) is 0 Å². The van der Waals surface area contributed by atoms with Crippen molar-refractivity contribution >= 4 is 0 Å². The maximum absolute atomic E-state index is 5.96. The quantitative estimate of drug-likeness (QED) is 0.597. The van der Waals surface area contributed by atoms with Crippen molar-refractivity contribution in [2.75, 3.05) is 13.7 Å². The molecule has 0 aromatic carbocycles. The van der Waals surface area contributed by atoms with Gasteiger partial charge >= 0.3 is 0 Å². The van der Waals surface area contributed by atoms with Crippen molar-refractivity contribution in [3.8, 4) is 0 Å². The van der Waals surface area contributed by atoms with Gasteiger partial charge in [-0.3, -0.25) is 0 Å². The molecule has 0 unspecified atom stereocenters. The van der Waals surface area contributed by atoms with Crippen LogP contribution < -0.4 is 0 Å². The molecule has 0 spiro atoms. The van der Waals surface area contributed by atoms with Gasteiger partial charge in [0.2, 0.25) is 0 Å². The van der Waals surface area contributed by atoms with Crippen LogP contribution in [0.2, 0.25) is 0 Å². The van der Waals surface area contributed by atoms with Gasteiger partial charge in [-0.25, -0.2) is 9.36 Å². The van der Waals surface area contributed by atoms with Crippen molar-refractivity contribution < 1.29 is 28.4 Å². The summed E-state index contributed by atoms with van der Waals surface area (Å²) in [6.45, 7) is 6.14. The molecule has 0 radical (unpaired) electrons. The fourth-order valence-corrected chi connectivity index (χ4v) is 4.05. The van der Waals surface area contributed by atoms with Crippen molar-refractivity contribution in [3.05, 3.63) is 23.8 Å². The van der Waals surface area contributed by atoms with Crippen LogP contribution in [0.1, 0.15) is 25.2 Å². The molecule has 3 aliphatic rings. The molecule has 5 heterocycles. The van der Waals surface area contributed by atoms with Crippen molar-refractivity contribution in [3.63, 3.8) is 0 Å². The maximum atomic E-state index is 5.96. The first-order valence-electron chi connectivity index (χ1n) is 10.0. The Hall–Kier alpha value is -1.96. The van der Waals surface area contributed by atoms with Gasteiger partial charge in [0.25, 0.3) is 0 Å². The molecule has 2 aromatic rings. The predicted molar refractivity (Wildman–Crippen MR) is 97.8 cm³/mol. The highest BCUT2D eigenvalue weighted by Gasteiger charge is 2.55. The molecule has 0 amide bonds. The van der Waals surface area contributed by atoms with Crippen LogP contribution in [-0.4, -0.2) is 80.2 Å². The van der Waals surface area contributed by atoms with Crippen molar-refractivity contribution in [1.82, 2.24) is 30.0 Å². The van der Waals surface area contributed by atoms with Gasteiger partial charge in [0.05, 0.1) is 57.1 Å². The van der Waals surface area contributed by atoms with Crippen LogP contribution in [0.3, 0.4) is 0 Å². The van der Waals surface area contributed by atoms with Crippen LogP contribution in [0.5, 0.6) is 0 Å². The zero-order chi connectivity index (χ0) is 20.7. The predicted octanol–water partition coefficient (Wildman–Crippen LogP) is -0.123. The highest BCUT2D eigenvalue weighted by Crippen LogP contribution is 2.38. The standard InChI is InChI=1S/C18H26N6O6/c1-18(2)29-15-14(28-17(25-3)16(15)30-18)10-26-8-11-5-23(22-20-11)6-13-7-24-12(9-27-13)4-19-21-24/h4-5,13-17H,6-10H2,1-3H3/t13-,14-,15-,16-,17-/m0/s1. The van der Waals surface area contributed by atoms with Gasteiger partial charge in [0.15, 0.2) is 12.1 Å². The number of hydrogen-bond acceptors (Lipinski definition) is 10. The van der Waals surface area contributed by atoms with Gasteiger partial charge in [-0.1, -0.05) is 10.4 Å². The lowest BCUT2D eigenvalue weighted by Crippen LogP contribution is -2.33. The minimum atomic E-state index is -0.662. The molecule has 12 heteroatoms. The molecule has 3 aliphatic heterocycles. The van der Waals surface area contributed by atoms with Gasteiger partial charge in [0.1, 0.15) is 24.0 Å². The molecule has 12 nitrogen and oxygen atoms in total. The summed E-state index contributed by atoms with van der Waals surface area (Å²) >= 11 is 0. The lowest BCUT2D eigenvalue weighted by atomic mass is 10.1. The number of methoxy groups -OCH3 is 1. The van der Waals surface area contributed by atoms with Gasteiger partial charge in [0, 0.05) is 7.11 Å². The Kier molecular flexibility index (Phi) is 5.29. The van der Waals surface area contributed by atoms with Crippen molar-refractivity contribution in [2.24, 2.45) is 0 Å². The van der Waals surface area contributed by atoms with Crippen LogP contribution in [-0.2, 0) is 54.7 Å². The average Bonchev–Trinajstić information content (AvgIpc) is 3.46. The van der Waals surface area contributed by atoms with E-state index in [4.69, 9.17) is 28.4 Å². The third-order valence-corrected chi connectivity index (χ3v) is 5.39. The van der Waals surface area contributed by atoms with E-state index in [9.17, 15) is 0 Å². The van der Waals surface area contributed by atoms with Crippen LogP contribution in [0.15, 0.2) is 12.4 Å². The van der Waals surface area contributed by atoms with E-state index in [2.05, 4.69) is 20.6 Å². The lowest BCUT2D eigenvalue weighted by Gasteiger charge is -2.23. The van der Waals surface area contributed by atoms with Crippen LogP contribution in [0.4, 0.5) is 0 Å². The topological polar surface area (TPSA) is 117 Å². The largest absolute Gasteiger partial charge is 0.372 e. The van der Waals surface area contributed by atoms with E-state index >= 15 is 0 Å². The van der Waals surface area contributed by atoms with Gasteiger partial charge in [-0.05, 0) is 13.8 Å². The fourth-order valence-electron chi connectivity index (χ4n) is 4.05. The molecule has 5 rings (SSSR count). The molecule has 0 N–H and O–H groups in total. The smallest absolute Gasteiger partial charge is 0.186 e.